The molecule has 0 saturated heterocycles. The summed E-state index contributed by atoms with van der Waals surface area (Å²) in [5, 5.41) is 13.0. The summed E-state index contributed by atoms with van der Waals surface area (Å²) in [5.41, 5.74) is 3.07. The van der Waals surface area contributed by atoms with Crippen molar-refractivity contribution in [3.63, 3.8) is 0 Å². The van der Waals surface area contributed by atoms with Crippen LogP contribution in [-0.4, -0.2) is 42.0 Å². The van der Waals surface area contributed by atoms with Crippen molar-refractivity contribution in [3.8, 4) is 5.75 Å². The van der Waals surface area contributed by atoms with Gasteiger partial charge in [-0.05, 0) is 48.4 Å². The minimum atomic E-state index is -1.02. The topological polar surface area (TPSA) is 95.9 Å². The molecule has 0 aromatic heterocycles. The molecule has 0 spiro atoms. The van der Waals surface area contributed by atoms with E-state index in [4.69, 9.17) is 4.74 Å². The predicted molar refractivity (Wildman–Crippen MR) is 170 cm³/mol. The van der Waals surface area contributed by atoms with Crippen molar-refractivity contribution in [3.05, 3.63) is 126 Å². The average molecular weight is 579 g/mol. The van der Waals surface area contributed by atoms with Gasteiger partial charge in [-0.15, -0.1) is 0 Å². The van der Waals surface area contributed by atoms with Crippen molar-refractivity contribution in [2.45, 2.75) is 45.1 Å². The van der Waals surface area contributed by atoms with Gasteiger partial charge in [0.2, 0.25) is 5.91 Å². The minimum Gasteiger partial charge on any atom is -0.492 e. The highest BCUT2D eigenvalue weighted by molar-refractivity contribution is 6.12. The van der Waals surface area contributed by atoms with Crippen LogP contribution in [-0.2, 0) is 16.0 Å². The fourth-order valence-electron chi connectivity index (χ4n) is 4.82. The van der Waals surface area contributed by atoms with Crippen molar-refractivity contribution in [1.29, 1.82) is 0 Å². The molecule has 4 aromatic carbocycles. The van der Waals surface area contributed by atoms with Crippen LogP contribution >= 0.6 is 0 Å². The zero-order chi connectivity index (χ0) is 30.4. The normalized spacial score (nSPS) is 11.4. The SMILES string of the molecule is CCCCCC(=O)N(CCOc1ccc(C[C@H](Nc2ccccc2C(=O)c2ccccc2)C(=O)O)cc1)c1ccccc1. The number of amides is 1. The minimum absolute atomic E-state index is 0.0813. The van der Waals surface area contributed by atoms with Crippen LogP contribution in [0.2, 0.25) is 0 Å². The molecule has 1 amide bonds. The number of para-hydroxylation sites is 2. The Morgan fingerprint density at radius 2 is 1.47 bits per heavy atom. The molecular weight excluding hydrogens is 540 g/mol. The van der Waals surface area contributed by atoms with Gasteiger partial charge in [-0.2, -0.15) is 0 Å². The Hall–Kier alpha value is -4.91. The monoisotopic (exact) mass is 578 g/mol. The summed E-state index contributed by atoms with van der Waals surface area (Å²) in [4.78, 5) is 40.0. The molecule has 0 heterocycles. The second-order valence-corrected chi connectivity index (χ2v) is 10.3. The van der Waals surface area contributed by atoms with Crippen LogP contribution in [0.15, 0.2) is 109 Å². The number of rotatable bonds is 16. The second-order valence-electron chi connectivity index (χ2n) is 10.3. The Balaban J connectivity index is 1.37. The molecule has 0 aliphatic rings. The maximum absolute atomic E-state index is 13.1. The molecule has 0 unspecified atom stereocenters. The van der Waals surface area contributed by atoms with Gasteiger partial charge in [-0.25, -0.2) is 4.79 Å². The highest BCUT2D eigenvalue weighted by Gasteiger charge is 2.21. The smallest absolute Gasteiger partial charge is 0.326 e. The summed E-state index contributed by atoms with van der Waals surface area (Å²) in [6, 6.07) is 31.8. The molecule has 0 bridgehead atoms. The fraction of sp³-hybridized carbons (Fsp3) is 0.250. The number of carbonyl (C=O) groups excluding carboxylic acids is 2. The molecule has 2 N–H and O–H groups in total. The number of nitrogens with one attached hydrogen (secondary N) is 1. The number of aliphatic carboxylic acids is 1. The van der Waals surface area contributed by atoms with Crippen LogP contribution in [0.5, 0.6) is 5.75 Å². The third kappa shape index (κ3) is 9.04. The van der Waals surface area contributed by atoms with Crippen LogP contribution in [0, 0.1) is 0 Å². The first-order valence-electron chi connectivity index (χ1n) is 14.7. The molecule has 7 heteroatoms. The highest BCUT2D eigenvalue weighted by Crippen LogP contribution is 2.22. The molecule has 1 atom stereocenters. The van der Waals surface area contributed by atoms with Crippen molar-refractivity contribution in [2.75, 3.05) is 23.4 Å². The molecular formula is C36H38N2O5. The van der Waals surface area contributed by atoms with E-state index in [1.807, 2.05) is 48.5 Å². The van der Waals surface area contributed by atoms with E-state index in [1.165, 1.54) is 0 Å². The third-order valence-electron chi connectivity index (χ3n) is 7.15. The summed E-state index contributed by atoms with van der Waals surface area (Å²) in [5.74, 6) is -0.485. The Bertz CT molecular complexity index is 1470. The van der Waals surface area contributed by atoms with Gasteiger partial charge in [0.15, 0.2) is 5.78 Å². The van der Waals surface area contributed by atoms with Crippen molar-refractivity contribution in [1.82, 2.24) is 0 Å². The molecule has 43 heavy (non-hydrogen) atoms. The lowest BCUT2D eigenvalue weighted by atomic mass is 10.00. The van der Waals surface area contributed by atoms with Crippen molar-refractivity contribution >= 4 is 29.0 Å². The van der Waals surface area contributed by atoms with E-state index in [1.54, 1.807) is 65.6 Å². The molecule has 222 valence electrons. The summed E-state index contributed by atoms with van der Waals surface area (Å²) in [6.07, 6.45) is 3.65. The summed E-state index contributed by atoms with van der Waals surface area (Å²) in [6.45, 7) is 2.85. The van der Waals surface area contributed by atoms with Crippen LogP contribution in [0.3, 0.4) is 0 Å². The summed E-state index contributed by atoms with van der Waals surface area (Å²) in [7, 11) is 0. The number of carboxylic acid groups (broad SMARTS) is 1. The van der Waals surface area contributed by atoms with Gasteiger partial charge in [0.05, 0.1) is 6.54 Å². The molecule has 0 aliphatic carbocycles. The van der Waals surface area contributed by atoms with E-state index in [0.717, 1.165) is 30.5 Å². The molecule has 4 aromatic rings. The molecule has 0 fully saturated rings. The number of carboxylic acids is 1. The van der Waals surface area contributed by atoms with E-state index >= 15 is 0 Å². The molecule has 0 saturated carbocycles. The second kappa shape index (κ2) is 15.9. The number of ketones is 1. The Morgan fingerprint density at radius 1 is 0.814 bits per heavy atom. The van der Waals surface area contributed by atoms with Gasteiger partial charge in [0, 0.05) is 35.3 Å². The van der Waals surface area contributed by atoms with Crippen molar-refractivity contribution in [2.24, 2.45) is 0 Å². The van der Waals surface area contributed by atoms with E-state index in [-0.39, 0.29) is 18.1 Å². The standard InChI is InChI=1S/C36H38N2O5/c1-2-3-6-19-34(39)38(29-15-9-5-10-16-29)24-25-43-30-22-20-27(21-23-30)26-33(36(41)42)37-32-18-12-11-17-31(32)35(40)28-13-7-4-8-14-28/h4-5,7-18,20-23,33,37H,2-3,6,19,24-26H2,1H3,(H,41,42)/t33-/m0/s1. The van der Waals surface area contributed by atoms with E-state index in [0.29, 0.717) is 42.1 Å². The first-order valence-corrected chi connectivity index (χ1v) is 14.7. The van der Waals surface area contributed by atoms with Crippen molar-refractivity contribution < 1.29 is 24.2 Å². The molecule has 0 aliphatic heterocycles. The molecule has 7 nitrogen and oxygen atoms in total. The van der Waals surface area contributed by atoms with E-state index in [9.17, 15) is 19.5 Å². The number of hydrogen-bond acceptors (Lipinski definition) is 5. The third-order valence-corrected chi connectivity index (χ3v) is 7.15. The number of benzene rings is 4. The summed E-state index contributed by atoms with van der Waals surface area (Å²) >= 11 is 0. The average Bonchev–Trinajstić information content (AvgIpc) is 3.04. The molecule has 0 radical (unpaired) electrons. The molecule has 4 rings (SSSR count). The lowest BCUT2D eigenvalue weighted by molar-refractivity contribution is -0.137. The Labute approximate surface area is 253 Å². The zero-order valence-electron chi connectivity index (χ0n) is 24.4. The maximum atomic E-state index is 13.1. The number of carbonyl (C=O) groups is 3. The van der Waals surface area contributed by atoms with Crippen LogP contribution in [0.4, 0.5) is 11.4 Å². The number of unbranched alkanes of at least 4 members (excludes halogenated alkanes) is 2. The fourth-order valence-corrected chi connectivity index (χ4v) is 4.82. The lowest BCUT2D eigenvalue weighted by Crippen LogP contribution is -2.34. The zero-order valence-corrected chi connectivity index (χ0v) is 24.4. The highest BCUT2D eigenvalue weighted by atomic mass is 16.5. The largest absolute Gasteiger partial charge is 0.492 e. The van der Waals surface area contributed by atoms with Gasteiger partial charge >= 0.3 is 5.97 Å². The first-order chi connectivity index (χ1) is 21.0. The summed E-state index contributed by atoms with van der Waals surface area (Å²) < 4.78 is 5.96. The van der Waals surface area contributed by atoms with Gasteiger partial charge in [-0.3, -0.25) is 9.59 Å². The number of anilines is 2. The Kier molecular flexibility index (Phi) is 11.5. The van der Waals surface area contributed by atoms with Gasteiger partial charge in [-0.1, -0.05) is 92.6 Å². The predicted octanol–water partition coefficient (Wildman–Crippen LogP) is 7.02. The van der Waals surface area contributed by atoms with E-state index < -0.39 is 12.0 Å². The van der Waals surface area contributed by atoms with Crippen LogP contribution in [0.1, 0.15) is 54.1 Å². The van der Waals surface area contributed by atoms with Gasteiger partial charge in [0.1, 0.15) is 18.4 Å². The quantitative estimate of drug-likeness (QED) is 0.110. The van der Waals surface area contributed by atoms with Crippen LogP contribution < -0.4 is 15.0 Å². The van der Waals surface area contributed by atoms with Gasteiger partial charge < -0.3 is 20.1 Å². The number of hydrogen-bond donors (Lipinski definition) is 2. The lowest BCUT2D eigenvalue weighted by Gasteiger charge is -2.23. The maximum Gasteiger partial charge on any atom is 0.326 e. The van der Waals surface area contributed by atoms with Crippen LogP contribution in [0.25, 0.3) is 0 Å². The number of nitrogens with zero attached hydrogens (tertiary/aromatic N) is 1. The first kappa shape index (κ1) is 31.0. The number of ether oxygens (including phenoxy) is 1. The van der Waals surface area contributed by atoms with Gasteiger partial charge in [0.25, 0.3) is 0 Å². The van der Waals surface area contributed by atoms with E-state index in [2.05, 4.69) is 12.2 Å². The Morgan fingerprint density at radius 3 is 2.14 bits per heavy atom.